The average molecular weight is 945 g/mol. The summed E-state index contributed by atoms with van der Waals surface area (Å²) in [4.78, 5) is 2.40. The Labute approximate surface area is 426 Å². The van der Waals surface area contributed by atoms with Crippen molar-refractivity contribution in [3.8, 4) is 50.2 Å². The van der Waals surface area contributed by atoms with Crippen molar-refractivity contribution in [3.63, 3.8) is 0 Å². The summed E-state index contributed by atoms with van der Waals surface area (Å²) in [5.41, 5.74) is 20.9. The van der Waals surface area contributed by atoms with E-state index >= 15 is 0 Å². The number of aromatic nitrogens is 1. The molecule has 0 amide bonds. The van der Waals surface area contributed by atoms with E-state index in [1.165, 1.54) is 71.6 Å². The van der Waals surface area contributed by atoms with E-state index in [4.69, 9.17) is 8.83 Å². The number of hydrogen-bond donors (Lipinski definition) is 0. The lowest BCUT2D eigenvalue weighted by Gasteiger charge is -2.28. The van der Waals surface area contributed by atoms with Crippen molar-refractivity contribution in [2.75, 3.05) is 4.90 Å². The van der Waals surface area contributed by atoms with Gasteiger partial charge in [-0.15, -0.1) is 0 Å². The van der Waals surface area contributed by atoms with Crippen LogP contribution in [0.3, 0.4) is 0 Å². The molecule has 4 nitrogen and oxygen atoms in total. The monoisotopic (exact) mass is 944 g/mol. The van der Waals surface area contributed by atoms with Crippen LogP contribution >= 0.6 is 0 Å². The molecule has 3 aromatic heterocycles. The number of hydrogen-bond acceptors (Lipinski definition) is 3. The molecule has 0 fully saturated rings. The smallest absolute Gasteiger partial charge is 0.159 e. The van der Waals surface area contributed by atoms with Crippen LogP contribution in [0.15, 0.2) is 251 Å². The third-order valence-corrected chi connectivity index (χ3v) is 15.9. The van der Waals surface area contributed by atoms with Crippen LogP contribution in [0.1, 0.15) is 29.2 Å². The van der Waals surface area contributed by atoms with Crippen LogP contribution in [0, 0.1) is 0 Å². The number of fused-ring (bicyclic) bond motifs is 16. The number of nitrogens with zero attached hydrogens (tertiary/aromatic N) is 2. The highest BCUT2D eigenvalue weighted by molar-refractivity contribution is 6.19. The Kier molecular flexibility index (Phi) is 8.83. The molecule has 14 aromatic rings. The first-order valence-electron chi connectivity index (χ1n) is 25.6. The molecule has 11 aromatic carbocycles. The maximum atomic E-state index is 7.59. The molecule has 0 saturated heterocycles. The third-order valence-electron chi connectivity index (χ3n) is 15.9. The van der Waals surface area contributed by atoms with Crippen molar-refractivity contribution in [1.82, 2.24) is 4.57 Å². The van der Waals surface area contributed by atoms with Crippen molar-refractivity contribution < 1.29 is 8.83 Å². The highest BCUT2D eigenvalue weighted by atomic mass is 16.3. The van der Waals surface area contributed by atoms with Gasteiger partial charge in [0.25, 0.3) is 0 Å². The van der Waals surface area contributed by atoms with E-state index in [1.54, 1.807) is 0 Å². The maximum absolute atomic E-state index is 7.59. The largest absolute Gasteiger partial charge is 0.459 e. The molecule has 1 aliphatic carbocycles. The summed E-state index contributed by atoms with van der Waals surface area (Å²) in [5, 5.41) is 8.20. The van der Waals surface area contributed by atoms with Crippen LogP contribution in [0.5, 0.6) is 0 Å². The number of anilines is 3. The van der Waals surface area contributed by atoms with E-state index in [2.05, 4.69) is 252 Å². The third kappa shape index (κ3) is 6.03. The van der Waals surface area contributed by atoms with Crippen LogP contribution in [0.2, 0.25) is 0 Å². The Bertz CT molecular complexity index is 4640. The molecule has 16 rings (SSSR count). The lowest BCUT2D eigenvalue weighted by Crippen LogP contribution is -2.12. The summed E-state index contributed by atoms with van der Waals surface area (Å²) in [6, 6.07) is 86.1. The van der Waals surface area contributed by atoms with Crippen LogP contribution in [0.25, 0.3) is 122 Å². The molecule has 4 heteroatoms. The summed E-state index contributed by atoms with van der Waals surface area (Å²) in [6.07, 6.45) is 5.43. The van der Waals surface area contributed by atoms with Crippen molar-refractivity contribution in [2.45, 2.75) is 12.3 Å². The number of rotatable bonds is 6. The Balaban J connectivity index is 0.946. The molecule has 4 heterocycles. The first-order valence-corrected chi connectivity index (χ1v) is 25.6. The molecule has 346 valence electrons. The van der Waals surface area contributed by atoms with E-state index in [1.807, 2.05) is 6.07 Å². The van der Waals surface area contributed by atoms with Crippen molar-refractivity contribution in [2.24, 2.45) is 0 Å². The molecule has 0 bridgehead atoms. The quantitative estimate of drug-likeness (QED) is 0.167. The maximum Gasteiger partial charge on any atom is 0.159 e. The zero-order chi connectivity index (χ0) is 48.4. The molecule has 1 unspecified atom stereocenters. The van der Waals surface area contributed by atoms with Crippen LogP contribution in [0.4, 0.5) is 17.1 Å². The molecule has 1 aliphatic heterocycles. The lowest BCUT2D eigenvalue weighted by atomic mass is 9.84. The predicted octanol–water partition coefficient (Wildman–Crippen LogP) is 19.6. The van der Waals surface area contributed by atoms with Gasteiger partial charge in [0.15, 0.2) is 5.58 Å². The molecule has 1 atom stereocenters. The molecular weight excluding hydrogens is 901 g/mol. The SMILES string of the molecule is C1=Cc2c(oc3c4c(ccc23)-c2ccccc2-n2c3ccccc3c3cccc-4c32)C(c2cc(-c3cccc4ccccc34)cc(N(c3ccc(-c4ccccc4)cc3)c3cccc4c3oc3ccccc34)c2)C1. The average Bonchev–Trinajstić information content (AvgIpc) is 4.14. The van der Waals surface area contributed by atoms with Gasteiger partial charge in [-0.05, 0) is 105 Å². The fraction of sp³-hybridized carbons (Fsp3) is 0.0286. The van der Waals surface area contributed by atoms with E-state index in [-0.39, 0.29) is 5.92 Å². The second-order valence-corrected chi connectivity index (χ2v) is 19.8. The molecule has 0 N–H and O–H groups in total. The fourth-order valence-electron chi connectivity index (χ4n) is 12.6. The lowest BCUT2D eigenvalue weighted by molar-refractivity contribution is 0.517. The van der Waals surface area contributed by atoms with Gasteiger partial charge in [-0.25, -0.2) is 0 Å². The van der Waals surface area contributed by atoms with E-state index in [0.717, 1.165) is 84.4 Å². The van der Waals surface area contributed by atoms with Crippen molar-refractivity contribution >= 4 is 88.6 Å². The van der Waals surface area contributed by atoms with Gasteiger partial charge in [0.05, 0.1) is 22.4 Å². The number of allylic oxidation sites excluding steroid dienone is 1. The summed E-state index contributed by atoms with van der Waals surface area (Å²) in [5.74, 6) is 0.900. The van der Waals surface area contributed by atoms with E-state index < -0.39 is 0 Å². The van der Waals surface area contributed by atoms with Gasteiger partial charge >= 0.3 is 0 Å². The van der Waals surface area contributed by atoms with Crippen molar-refractivity contribution in [1.29, 1.82) is 0 Å². The second kappa shape index (κ2) is 15.9. The Morgan fingerprint density at radius 1 is 0.432 bits per heavy atom. The molecule has 0 spiro atoms. The standard InChI is InChI=1S/C70H44N2O2/c1-2-16-43(17-3-1)44-34-36-48(37-35-44)71(64-32-15-28-58-55-23-8-11-33-65(55)73-69(58)64)49-41-46(51-24-12-19-45-18-4-5-20-50(45)51)40-47(42-49)52-25-13-27-59-60-39-38-56-53-21-6-9-30-62(53)72-63-31-10-7-22-54(63)57-26-14-29-61(67(57)72)66(56)70(60)74-68(52)59/h1-24,26-42,52H,25H2. The van der Waals surface area contributed by atoms with Gasteiger partial charge in [0, 0.05) is 66.5 Å². The minimum absolute atomic E-state index is 0.0867. The van der Waals surface area contributed by atoms with Gasteiger partial charge < -0.3 is 18.3 Å². The Morgan fingerprint density at radius 3 is 2.05 bits per heavy atom. The Hall–Kier alpha value is -9.64. The first-order chi connectivity index (χ1) is 36.7. The van der Waals surface area contributed by atoms with Gasteiger partial charge in [0.1, 0.15) is 16.9 Å². The molecule has 0 radical (unpaired) electrons. The normalized spacial score (nSPS) is 13.7. The summed E-state index contributed by atoms with van der Waals surface area (Å²) in [7, 11) is 0. The highest BCUT2D eigenvalue weighted by Gasteiger charge is 2.32. The van der Waals surface area contributed by atoms with Crippen molar-refractivity contribution in [3.05, 3.63) is 260 Å². The summed E-state index contributed by atoms with van der Waals surface area (Å²) >= 11 is 0. The topological polar surface area (TPSA) is 34.5 Å². The minimum atomic E-state index is -0.0867. The molecule has 0 saturated carbocycles. The van der Waals surface area contributed by atoms with Crippen LogP contribution < -0.4 is 4.90 Å². The van der Waals surface area contributed by atoms with Gasteiger partial charge in [-0.3, -0.25) is 0 Å². The number of benzene rings is 11. The first kappa shape index (κ1) is 41.0. The number of para-hydroxylation sites is 5. The summed E-state index contributed by atoms with van der Waals surface area (Å²) in [6.45, 7) is 0. The fourth-order valence-corrected chi connectivity index (χ4v) is 12.6. The van der Waals surface area contributed by atoms with Gasteiger partial charge in [0.2, 0.25) is 0 Å². The molecule has 2 aliphatic rings. The molecular formula is C70H44N2O2. The second-order valence-electron chi connectivity index (χ2n) is 19.8. The summed E-state index contributed by atoms with van der Waals surface area (Å²) < 4.78 is 16.9. The zero-order valence-corrected chi connectivity index (χ0v) is 40.2. The minimum Gasteiger partial charge on any atom is -0.459 e. The van der Waals surface area contributed by atoms with Gasteiger partial charge in [-0.2, -0.15) is 0 Å². The predicted molar refractivity (Wildman–Crippen MR) is 307 cm³/mol. The van der Waals surface area contributed by atoms with E-state index in [9.17, 15) is 0 Å². The van der Waals surface area contributed by atoms with Crippen LogP contribution in [-0.2, 0) is 0 Å². The number of furan rings is 2. The van der Waals surface area contributed by atoms with Crippen LogP contribution in [-0.4, -0.2) is 4.57 Å². The highest BCUT2D eigenvalue weighted by Crippen LogP contribution is 2.53. The molecule has 74 heavy (non-hydrogen) atoms. The van der Waals surface area contributed by atoms with Gasteiger partial charge in [-0.1, -0.05) is 194 Å². The Morgan fingerprint density at radius 2 is 1.14 bits per heavy atom. The van der Waals surface area contributed by atoms with E-state index in [0.29, 0.717) is 0 Å². The zero-order valence-electron chi connectivity index (χ0n) is 40.2.